The van der Waals surface area contributed by atoms with Crippen LogP contribution in [0.3, 0.4) is 0 Å². The van der Waals surface area contributed by atoms with Crippen LogP contribution in [0, 0.1) is 0 Å². The molecule has 1 aromatic carbocycles. The van der Waals surface area contributed by atoms with Gasteiger partial charge in [-0.1, -0.05) is 25.3 Å². The third kappa shape index (κ3) is 4.97. The minimum atomic E-state index is -4.54. The second kappa shape index (κ2) is 7.68. The largest absolute Gasteiger partial charge is 0.449 e. The number of rotatable bonds is 4. The number of amides is 1. The summed E-state index contributed by atoms with van der Waals surface area (Å²) in [5.74, 6) is -1.38. The fourth-order valence-electron chi connectivity index (χ4n) is 2.67. The number of esters is 1. The van der Waals surface area contributed by atoms with Crippen LogP contribution >= 0.6 is 0 Å². The number of halogens is 3. The van der Waals surface area contributed by atoms with Crippen LogP contribution in [0.2, 0.25) is 0 Å². The maximum atomic E-state index is 12.7. The fourth-order valence-corrected chi connectivity index (χ4v) is 2.67. The van der Waals surface area contributed by atoms with E-state index in [9.17, 15) is 22.8 Å². The van der Waals surface area contributed by atoms with Crippen LogP contribution in [-0.2, 0) is 15.7 Å². The van der Waals surface area contributed by atoms with Crippen molar-refractivity contribution in [3.05, 3.63) is 35.4 Å². The molecule has 1 fully saturated rings. The molecule has 1 aromatic rings. The summed E-state index contributed by atoms with van der Waals surface area (Å²) in [6.07, 6.45) is -0.589. The molecule has 1 unspecified atom stereocenters. The van der Waals surface area contributed by atoms with Gasteiger partial charge in [-0.2, -0.15) is 13.2 Å². The molecule has 1 saturated carbocycles. The van der Waals surface area contributed by atoms with Gasteiger partial charge in [-0.3, -0.25) is 4.79 Å². The van der Waals surface area contributed by atoms with Gasteiger partial charge in [0.1, 0.15) is 0 Å². The van der Waals surface area contributed by atoms with Gasteiger partial charge in [0.25, 0.3) is 5.91 Å². The SMILES string of the molecule is CC(OC(=O)c1cccc(C(F)(F)F)c1)C(=O)NC1CCCCC1. The Morgan fingerprint density at radius 2 is 1.88 bits per heavy atom. The lowest BCUT2D eigenvalue weighted by Crippen LogP contribution is -2.42. The van der Waals surface area contributed by atoms with Crippen molar-refractivity contribution < 1.29 is 27.5 Å². The lowest BCUT2D eigenvalue weighted by molar-refractivity contribution is -0.137. The highest BCUT2D eigenvalue weighted by molar-refractivity contribution is 5.92. The Morgan fingerprint density at radius 3 is 2.50 bits per heavy atom. The summed E-state index contributed by atoms with van der Waals surface area (Å²) >= 11 is 0. The van der Waals surface area contributed by atoms with Crippen molar-refractivity contribution >= 4 is 11.9 Å². The van der Waals surface area contributed by atoms with E-state index in [1.54, 1.807) is 0 Å². The predicted octanol–water partition coefficient (Wildman–Crippen LogP) is 3.70. The van der Waals surface area contributed by atoms with E-state index in [1.165, 1.54) is 13.0 Å². The van der Waals surface area contributed by atoms with Crippen LogP contribution in [0.15, 0.2) is 24.3 Å². The first-order chi connectivity index (χ1) is 11.3. The molecule has 2 rings (SSSR count). The molecule has 132 valence electrons. The smallest absolute Gasteiger partial charge is 0.416 e. The summed E-state index contributed by atoms with van der Waals surface area (Å²) in [6, 6.07) is 4.01. The van der Waals surface area contributed by atoms with Crippen LogP contribution in [0.25, 0.3) is 0 Å². The molecule has 0 heterocycles. The van der Waals surface area contributed by atoms with Crippen LogP contribution < -0.4 is 5.32 Å². The molecule has 24 heavy (non-hydrogen) atoms. The number of carbonyl (C=O) groups excluding carboxylic acids is 2. The highest BCUT2D eigenvalue weighted by atomic mass is 19.4. The molecule has 0 radical (unpaired) electrons. The highest BCUT2D eigenvalue weighted by Gasteiger charge is 2.31. The van der Waals surface area contributed by atoms with Gasteiger partial charge in [-0.25, -0.2) is 4.79 Å². The first kappa shape index (κ1) is 18.3. The van der Waals surface area contributed by atoms with Crippen molar-refractivity contribution in [3.8, 4) is 0 Å². The fraction of sp³-hybridized carbons (Fsp3) is 0.529. The molecular formula is C17H20F3NO3. The first-order valence-electron chi connectivity index (χ1n) is 7.96. The second-order valence-electron chi connectivity index (χ2n) is 5.97. The van der Waals surface area contributed by atoms with Crippen molar-refractivity contribution in [3.63, 3.8) is 0 Å². The van der Waals surface area contributed by atoms with E-state index in [2.05, 4.69) is 5.32 Å². The number of hydrogen-bond acceptors (Lipinski definition) is 3. The number of benzene rings is 1. The quantitative estimate of drug-likeness (QED) is 0.848. The Balaban J connectivity index is 1.94. The van der Waals surface area contributed by atoms with E-state index in [1.807, 2.05) is 0 Å². The molecule has 0 saturated heterocycles. The number of ether oxygens (including phenoxy) is 1. The van der Waals surface area contributed by atoms with E-state index in [0.717, 1.165) is 44.2 Å². The number of nitrogens with one attached hydrogen (secondary N) is 1. The maximum Gasteiger partial charge on any atom is 0.416 e. The van der Waals surface area contributed by atoms with Gasteiger partial charge < -0.3 is 10.1 Å². The highest BCUT2D eigenvalue weighted by Crippen LogP contribution is 2.29. The summed E-state index contributed by atoms with van der Waals surface area (Å²) in [7, 11) is 0. The summed E-state index contributed by atoms with van der Waals surface area (Å²) in [5.41, 5.74) is -1.17. The Bertz CT molecular complexity index is 595. The number of carbonyl (C=O) groups is 2. The van der Waals surface area contributed by atoms with Gasteiger partial charge in [-0.15, -0.1) is 0 Å². The van der Waals surface area contributed by atoms with Gasteiger partial charge in [-0.05, 0) is 38.0 Å². The van der Waals surface area contributed by atoms with Crippen LogP contribution in [0.4, 0.5) is 13.2 Å². The van der Waals surface area contributed by atoms with Crippen LogP contribution in [0.1, 0.15) is 54.9 Å². The lowest BCUT2D eigenvalue weighted by Gasteiger charge is -2.24. The van der Waals surface area contributed by atoms with E-state index < -0.39 is 29.7 Å². The molecule has 1 amide bonds. The third-order valence-electron chi connectivity index (χ3n) is 4.03. The van der Waals surface area contributed by atoms with Crippen LogP contribution in [0.5, 0.6) is 0 Å². The van der Waals surface area contributed by atoms with Crippen molar-refractivity contribution in [2.24, 2.45) is 0 Å². The number of hydrogen-bond donors (Lipinski definition) is 1. The van der Waals surface area contributed by atoms with Crippen molar-refractivity contribution in [1.29, 1.82) is 0 Å². The molecule has 1 aliphatic carbocycles. The summed E-state index contributed by atoms with van der Waals surface area (Å²) in [6.45, 7) is 1.41. The maximum absolute atomic E-state index is 12.7. The second-order valence-corrected chi connectivity index (χ2v) is 5.97. The van der Waals surface area contributed by atoms with Gasteiger partial charge >= 0.3 is 12.1 Å². The summed E-state index contributed by atoms with van der Waals surface area (Å²) in [4.78, 5) is 24.0. The zero-order valence-electron chi connectivity index (χ0n) is 13.4. The normalized spacial score (nSPS) is 17.2. The monoisotopic (exact) mass is 343 g/mol. The number of alkyl halides is 3. The van der Waals surface area contributed by atoms with Crippen molar-refractivity contribution in [2.45, 2.75) is 57.3 Å². The first-order valence-corrected chi connectivity index (χ1v) is 7.96. The van der Waals surface area contributed by atoms with Crippen molar-refractivity contribution in [1.82, 2.24) is 5.32 Å². The third-order valence-corrected chi connectivity index (χ3v) is 4.03. The molecule has 0 aliphatic heterocycles. The standard InChI is InChI=1S/C17H20F3NO3/c1-11(15(22)21-14-8-3-2-4-9-14)24-16(23)12-6-5-7-13(10-12)17(18,19)20/h5-7,10-11,14H,2-4,8-9H2,1H3,(H,21,22). The van der Waals surface area contributed by atoms with E-state index in [-0.39, 0.29) is 11.6 Å². The zero-order chi connectivity index (χ0) is 17.7. The minimum absolute atomic E-state index is 0.0703. The molecule has 1 atom stereocenters. The van der Waals surface area contributed by atoms with E-state index in [4.69, 9.17) is 4.74 Å². The van der Waals surface area contributed by atoms with E-state index >= 15 is 0 Å². The van der Waals surface area contributed by atoms with Gasteiger partial charge in [0.15, 0.2) is 6.10 Å². The van der Waals surface area contributed by atoms with Gasteiger partial charge in [0, 0.05) is 6.04 Å². The lowest BCUT2D eigenvalue weighted by atomic mass is 9.95. The Labute approximate surface area is 138 Å². The molecule has 0 aromatic heterocycles. The molecule has 1 N–H and O–H groups in total. The predicted molar refractivity (Wildman–Crippen MR) is 81.3 cm³/mol. The minimum Gasteiger partial charge on any atom is -0.449 e. The Morgan fingerprint density at radius 1 is 1.21 bits per heavy atom. The average molecular weight is 343 g/mol. The van der Waals surface area contributed by atoms with Gasteiger partial charge in [0.05, 0.1) is 11.1 Å². The van der Waals surface area contributed by atoms with Crippen LogP contribution in [-0.4, -0.2) is 24.0 Å². The molecular weight excluding hydrogens is 323 g/mol. The Hall–Kier alpha value is -2.05. The molecule has 1 aliphatic rings. The Kier molecular flexibility index (Phi) is 5.85. The molecule has 0 spiro atoms. The average Bonchev–Trinajstić information content (AvgIpc) is 2.55. The molecule has 7 heteroatoms. The zero-order valence-corrected chi connectivity index (χ0v) is 13.4. The van der Waals surface area contributed by atoms with Crippen molar-refractivity contribution in [2.75, 3.05) is 0 Å². The molecule has 4 nitrogen and oxygen atoms in total. The topological polar surface area (TPSA) is 55.4 Å². The van der Waals surface area contributed by atoms with Gasteiger partial charge in [0.2, 0.25) is 0 Å². The van der Waals surface area contributed by atoms with E-state index in [0.29, 0.717) is 6.07 Å². The summed E-state index contributed by atoms with van der Waals surface area (Å²) in [5, 5.41) is 2.81. The molecule has 0 bridgehead atoms. The summed E-state index contributed by atoms with van der Waals surface area (Å²) < 4.78 is 43.0.